The third kappa shape index (κ3) is 6.56. The summed E-state index contributed by atoms with van der Waals surface area (Å²) in [6.45, 7) is 0.920. The third-order valence-corrected chi connectivity index (χ3v) is 8.43. The number of carbonyl (C=O) groups is 2. The van der Waals surface area contributed by atoms with E-state index in [4.69, 9.17) is 9.47 Å². The minimum atomic E-state index is -0.965. The van der Waals surface area contributed by atoms with Gasteiger partial charge in [-0.25, -0.2) is 8.78 Å². The first-order valence-electron chi connectivity index (χ1n) is 14.6. The van der Waals surface area contributed by atoms with Gasteiger partial charge in [0.2, 0.25) is 5.91 Å². The Morgan fingerprint density at radius 3 is 2.72 bits per heavy atom. The first kappa shape index (κ1) is 29.2. The molecular formula is C31H35F2N5O5. The van der Waals surface area contributed by atoms with Gasteiger partial charge in [0, 0.05) is 50.9 Å². The molecule has 2 saturated heterocycles. The standard InChI is InChI=1S/C31H35F2N5O5/c1-37-16-20(13-35-37)19-3-5-23-28(11-19)42-9-8-22-4-7-27(39)29(43-22)14-34-31(41)26-12-21(36-30(23)40)17-38(26)15-18-2-6-24(32)25(33)10-18/h2-3,5-6,10-11,13,16,21-22,26-27,29,39H,4,7-9,12,14-15,17H2,1H3,(H,34,41)(H,36,40)/t21-,22-,26-,27-,29+/m0/s1. The van der Waals surface area contributed by atoms with Crippen LogP contribution in [0.1, 0.15) is 41.6 Å². The topological polar surface area (TPSA) is 118 Å². The second-order valence-corrected chi connectivity index (χ2v) is 11.5. The van der Waals surface area contributed by atoms with E-state index in [9.17, 15) is 23.5 Å². The third-order valence-electron chi connectivity index (χ3n) is 8.43. The zero-order chi connectivity index (χ0) is 30.1. The highest BCUT2D eigenvalue weighted by atomic mass is 19.2. The number of benzene rings is 2. The lowest BCUT2D eigenvalue weighted by atomic mass is 9.99. The fourth-order valence-electron chi connectivity index (χ4n) is 6.13. The molecule has 43 heavy (non-hydrogen) atoms. The normalized spacial score (nSPS) is 26.7. The summed E-state index contributed by atoms with van der Waals surface area (Å²) >= 11 is 0. The number of nitrogens with one attached hydrogen (secondary N) is 2. The Morgan fingerprint density at radius 1 is 1.07 bits per heavy atom. The minimum Gasteiger partial charge on any atom is -0.493 e. The van der Waals surface area contributed by atoms with E-state index >= 15 is 0 Å². The highest BCUT2D eigenvalue weighted by Crippen LogP contribution is 2.30. The number of hydrogen-bond acceptors (Lipinski definition) is 7. The number of aromatic nitrogens is 2. The van der Waals surface area contributed by atoms with Gasteiger partial charge in [0.1, 0.15) is 11.9 Å². The van der Waals surface area contributed by atoms with Crippen molar-refractivity contribution in [3.8, 4) is 16.9 Å². The molecule has 12 heteroatoms. The summed E-state index contributed by atoms with van der Waals surface area (Å²) in [7, 11) is 1.83. The molecule has 0 saturated carbocycles. The largest absolute Gasteiger partial charge is 0.493 e. The van der Waals surface area contributed by atoms with Crippen LogP contribution in [0.2, 0.25) is 0 Å². The average Bonchev–Trinajstić information content (AvgIpc) is 3.60. The Bertz CT molecular complexity index is 1500. The second-order valence-electron chi connectivity index (χ2n) is 11.5. The molecule has 0 radical (unpaired) electrons. The monoisotopic (exact) mass is 595 g/mol. The second kappa shape index (κ2) is 12.4. The van der Waals surface area contributed by atoms with Crippen molar-refractivity contribution in [3.63, 3.8) is 0 Å². The number of likely N-dealkylation sites (tertiary alicyclic amines) is 1. The Kier molecular flexibility index (Phi) is 8.42. The maximum Gasteiger partial charge on any atom is 0.255 e. The van der Waals surface area contributed by atoms with Crippen molar-refractivity contribution in [1.82, 2.24) is 25.3 Å². The van der Waals surface area contributed by atoms with Crippen molar-refractivity contribution in [2.45, 2.75) is 62.6 Å². The van der Waals surface area contributed by atoms with Gasteiger partial charge < -0.3 is 25.2 Å². The van der Waals surface area contributed by atoms with Crippen LogP contribution in [-0.2, 0) is 23.1 Å². The van der Waals surface area contributed by atoms with Crippen LogP contribution >= 0.6 is 0 Å². The van der Waals surface area contributed by atoms with Gasteiger partial charge in [-0.1, -0.05) is 12.1 Å². The van der Waals surface area contributed by atoms with Crippen LogP contribution in [0.25, 0.3) is 11.1 Å². The maximum absolute atomic E-state index is 14.0. The number of aliphatic hydroxyl groups is 1. The van der Waals surface area contributed by atoms with E-state index in [1.54, 1.807) is 16.9 Å². The predicted octanol–water partition coefficient (Wildman–Crippen LogP) is 2.55. The number of fused-ring (bicyclic) bond motifs is 5. The van der Waals surface area contributed by atoms with Crippen molar-refractivity contribution in [2.24, 2.45) is 7.05 Å². The van der Waals surface area contributed by atoms with Crippen molar-refractivity contribution in [3.05, 3.63) is 71.6 Å². The fraction of sp³-hybridized carbons (Fsp3) is 0.452. The van der Waals surface area contributed by atoms with Crippen molar-refractivity contribution in [1.29, 1.82) is 0 Å². The van der Waals surface area contributed by atoms with Gasteiger partial charge in [-0.15, -0.1) is 0 Å². The average molecular weight is 596 g/mol. The molecule has 2 amide bonds. The molecule has 6 rings (SSSR count). The van der Waals surface area contributed by atoms with Crippen molar-refractivity contribution in [2.75, 3.05) is 19.7 Å². The summed E-state index contributed by atoms with van der Waals surface area (Å²) in [5.74, 6) is -2.11. The van der Waals surface area contributed by atoms with E-state index in [1.807, 2.05) is 30.3 Å². The molecule has 228 valence electrons. The van der Waals surface area contributed by atoms with Gasteiger partial charge in [0.15, 0.2) is 11.6 Å². The van der Waals surface area contributed by atoms with E-state index in [0.717, 1.165) is 23.3 Å². The van der Waals surface area contributed by atoms with Crippen LogP contribution in [0, 0.1) is 11.6 Å². The van der Waals surface area contributed by atoms with Crippen LogP contribution in [-0.4, -0.2) is 81.7 Å². The number of aryl methyl sites for hydroxylation is 1. The molecule has 3 aromatic rings. The molecule has 0 unspecified atom stereocenters. The van der Waals surface area contributed by atoms with Crippen LogP contribution in [0.5, 0.6) is 5.75 Å². The molecule has 2 aromatic carbocycles. The molecule has 10 nitrogen and oxygen atoms in total. The number of halogens is 2. The summed E-state index contributed by atoms with van der Waals surface area (Å²) < 4.78 is 41.6. The van der Waals surface area contributed by atoms with Crippen molar-refractivity contribution < 1.29 is 33.0 Å². The van der Waals surface area contributed by atoms with E-state index in [-0.39, 0.29) is 31.0 Å². The first-order valence-corrected chi connectivity index (χ1v) is 14.6. The number of aliphatic hydroxyl groups excluding tert-OH is 1. The van der Waals surface area contributed by atoms with Gasteiger partial charge in [-0.3, -0.25) is 19.2 Å². The number of hydrogen-bond donors (Lipinski definition) is 3. The van der Waals surface area contributed by atoms with Gasteiger partial charge in [0.05, 0.1) is 36.6 Å². The molecule has 5 atom stereocenters. The highest BCUT2D eigenvalue weighted by molar-refractivity contribution is 5.98. The van der Waals surface area contributed by atoms with E-state index in [1.165, 1.54) is 6.07 Å². The number of rotatable bonds is 3. The highest BCUT2D eigenvalue weighted by Gasteiger charge is 2.39. The van der Waals surface area contributed by atoms with E-state index in [0.29, 0.717) is 55.7 Å². The molecule has 3 aliphatic rings. The Balaban J connectivity index is 1.29. The lowest BCUT2D eigenvalue weighted by Crippen LogP contribution is -2.50. The molecule has 2 fully saturated rings. The zero-order valence-electron chi connectivity index (χ0n) is 23.8. The molecule has 4 bridgehead atoms. The summed E-state index contributed by atoms with van der Waals surface area (Å²) in [5, 5.41) is 20.8. The van der Waals surface area contributed by atoms with Gasteiger partial charge in [-0.2, -0.15) is 5.10 Å². The van der Waals surface area contributed by atoms with Crippen LogP contribution < -0.4 is 15.4 Å². The van der Waals surface area contributed by atoms with Gasteiger partial charge >= 0.3 is 0 Å². The number of amides is 2. The number of carbonyl (C=O) groups excluding carboxylic acids is 2. The fourth-order valence-corrected chi connectivity index (χ4v) is 6.13. The summed E-state index contributed by atoms with van der Waals surface area (Å²) in [6, 6.07) is 8.00. The van der Waals surface area contributed by atoms with Gasteiger partial charge in [-0.05, 0) is 54.7 Å². The van der Waals surface area contributed by atoms with Crippen LogP contribution in [0.3, 0.4) is 0 Å². The van der Waals surface area contributed by atoms with Gasteiger partial charge in [0.25, 0.3) is 5.91 Å². The predicted molar refractivity (Wildman–Crippen MR) is 152 cm³/mol. The molecule has 3 N–H and O–H groups in total. The Morgan fingerprint density at radius 2 is 1.93 bits per heavy atom. The lowest BCUT2D eigenvalue weighted by molar-refractivity contribution is -0.133. The number of nitrogens with zero attached hydrogens (tertiary/aromatic N) is 3. The SMILES string of the molecule is Cn1cc(-c2ccc3c(c2)OCC[C@@H]2CC[C@H](O)[C@@H](CNC(=O)[C@@H]4C[C@@H](CN4Cc4ccc(F)c(F)c4)NC3=O)O2)cn1. The lowest BCUT2D eigenvalue weighted by Gasteiger charge is -2.34. The summed E-state index contributed by atoms with van der Waals surface area (Å²) in [4.78, 5) is 28.9. The van der Waals surface area contributed by atoms with Crippen LogP contribution in [0.4, 0.5) is 8.78 Å². The van der Waals surface area contributed by atoms with Crippen LogP contribution in [0.15, 0.2) is 48.8 Å². The van der Waals surface area contributed by atoms with E-state index < -0.39 is 35.9 Å². The quantitative estimate of drug-likeness (QED) is 0.426. The smallest absolute Gasteiger partial charge is 0.255 e. The Labute approximate surface area is 248 Å². The van der Waals surface area contributed by atoms with E-state index in [2.05, 4.69) is 15.7 Å². The molecule has 4 heterocycles. The molecule has 3 aliphatic heterocycles. The molecule has 0 aliphatic carbocycles. The maximum atomic E-state index is 14.0. The first-order chi connectivity index (χ1) is 20.7. The molecule has 1 aromatic heterocycles. The Hall–Kier alpha value is -3.87. The summed E-state index contributed by atoms with van der Waals surface area (Å²) in [6.07, 6.45) is 4.17. The molecule has 0 spiro atoms. The van der Waals surface area contributed by atoms with Crippen molar-refractivity contribution >= 4 is 11.8 Å². The summed E-state index contributed by atoms with van der Waals surface area (Å²) in [5.41, 5.74) is 2.59. The molecular weight excluding hydrogens is 560 g/mol. The number of ether oxygens (including phenoxy) is 2. The zero-order valence-corrected chi connectivity index (χ0v) is 23.8. The minimum absolute atomic E-state index is 0.126.